The number of hydrogen-bond donors (Lipinski definition) is 0. The van der Waals surface area contributed by atoms with Crippen LogP contribution in [-0.2, 0) is 200 Å². The number of ether oxygens (including phenoxy) is 8. The Labute approximate surface area is 854 Å². The first-order chi connectivity index (χ1) is 69.9. The Bertz CT molecular complexity index is 6510. The fourth-order valence-corrected chi connectivity index (χ4v) is 18.0. The minimum Gasteiger partial charge on any atom is -0.461 e. The first kappa shape index (κ1) is 102. The maximum Gasteiger partial charge on any atom is 2.00 e. The molecule has 0 aliphatic carbocycles. The van der Waals surface area contributed by atoms with Crippen molar-refractivity contribution in [3.05, 3.63) is 380 Å². The molecular weight excluding hydrogens is 1870 g/mol. The first-order valence-corrected chi connectivity index (χ1v) is 48.9. The third-order valence-electron chi connectivity index (χ3n) is 26.2. The van der Waals surface area contributed by atoms with E-state index in [1.807, 2.05) is 291 Å². The van der Waals surface area contributed by atoms with Crippen LogP contribution in [0.15, 0.2) is 291 Å². The molecule has 0 saturated carbocycles. The summed E-state index contributed by atoms with van der Waals surface area (Å²) in [6, 6.07) is 90.6. The molecule has 2 aliphatic rings. The van der Waals surface area contributed by atoms with E-state index in [0.717, 1.165) is 44.5 Å². The molecular formula is C120H112N8O16Zn. The SMILES string of the molecule is CC(Cc1cc2c(cc1CC(C)C(=O)OCc1ccccc1)-c1nc-2nc2[n-]c(nc3nc(nc4[n-]c(n1)c1cc(CC(C)C(=O)OCc5ccccc5)c(CC(C)C(=O)OCc5ccccc5)cc41)-c1cc(CC(C)C(=O)OCc4ccccc4)c(CC(C)C(=O)OCc4ccccc4)cc1-3)c1cc(CC(C)C(=O)OCc3ccccc3)c(CC(C)C(=O)OCc3ccccc3)cc21)C(=O)OCc1ccccc1.[Zn+2]. The standard InChI is InChI=1S/C120H112N8O16.Zn/c1-73(113(129)137-65-81-33-17-9-18-34-81)49-89-57-97-98(58-90(89)50-74(2)114(130)138-66-82-35-19-10-20-36-82)106-121-105(97)125-107-99-59-91(51-75(3)115(131)139-67-83-37-21-11-22-38-83)92(52-76(4)116(132)140-68-84-39-23-12-24-40-84)60-100(99)109(122-107)127-111-103-63-95(55-79(7)119(135)143-71-87-45-29-15-30-46-87)96(56-80(8)120(136)144-72-88-47-31-16-32-48-88)64-104(103)112(124-111)128-110-102-62-94(54-78(6)118(134)142-70-86-43-27-14-28-44-86)93(61-101(102)108(123-110)126-106)53-77(5)117(133)141-69-85-41-25-13-26-42-85;/h9-48,57-64,73-80H,49-56,65-72H2,1-8H3;/q-2;+2. The monoisotopic (exact) mass is 1980 g/mol. The van der Waals surface area contributed by atoms with Gasteiger partial charge in [-0.05, 0) is 210 Å². The van der Waals surface area contributed by atoms with Crippen LogP contribution in [-0.4, -0.2) is 77.7 Å². The molecule has 24 nitrogen and oxygen atoms in total. The largest absolute Gasteiger partial charge is 2.00 e. The number of carbonyl (C=O) groups is 8. The van der Waals surface area contributed by atoms with Crippen molar-refractivity contribution >= 4 is 91.9 Å². The summed E-state index contributed by atoms with van der Waals surface area (Å²) in [5.74, 6) is -9.47. The molecule has 2 aliphatic heterocycles. The van der Waals surface area contributed by atoms with Gasteiger partial charge in [0, 0.05) is 44.8 Å². The maximum atomic E-state index is 14.6. The van der Waals surface area contributed by atoms with Gasteiger partial charge in [-0.15, -0.1) is 0 Å². The van der Waals surface area contributed by atoms with E-state index in [4.69, 9.17) is 77.8 Å². The molecule has 145 heavy (non-hydrogen) atoms. The van der Waals surface area contributed by atoms with E-state index in [0.29, 0.717) is 88.3 Å². The molecule has 0 saturated heterocycles. The number of rotatable bonds is 40. The Kier molecular flexibility index (Phi) is 33.8. The molecule has 8 unspecified atom stereocenters. The van der Waals surface area contributed by atoms with Crippen LogP contribution in [0.3, 0.4) is 0 Å². The summed E-state index contributed by atoms with van der Waals surface area (Å²) in [5, 5.41) is 1.77. The van der Waals surface area contributed by atoms with Gasteiger partial charge in [-0.2, -0.15) is 0 Å². The van der Waals surface area contributed by atoms with Gasteiger partial charge in [0.1, 0.15) is 52.9 Å². The van der Waals surface area contributed by atoms with Crippen LogP contribution in [0.2, 0.25) is 0 Å². The molecule has 5 heterocycles. The Balaban J connectivity index is 0.0000151. The molecule has 0 radical (unpaired) electrons. The predicted octanol–water partition coefficient (Wildman–Crippen LogP) is 21.5. The summed E-state index contributed by atoms with van der Waals surface area (Å²) in [4.78, 5) is 161. The minimum absolute atomic E-state index is 0. The molecule has 730 valence electrons. The molecule has 0 N–H and O–H groups in total. The zero-order valence-electron chi connectivity index (χ0n) is 82.5. The molecule has 0 amide bonds. The van der Waals surface area contributed by atoms with E-state index in [1.54, 1.807) is 55.4 Å². The maximum absolute atomic E-state index is 14.6. The molecule has 0 fully saturated rings. The molecule has 25 heteroatoms. The van der Waals surface area contributed by atoms with Crippen LogP contribution in [0.1, 0.15) is 144 Å². The van der Waals surface area contributed by atoms with Crippen LogP contribution in [0.4, 0.5) is 0 Å². The van der Waals surface area contributed by atoms with E-state index < -0.39 is 95.1 Å². The third-order valence-corrected chi connectivity index (χ3v) is 26.2. The summed E-state index contributed by atoms with van der Waals surface area (Å²) in [6.07, 6.45) is 0.845. The van der Waals surface area contributed by atoms with Gasteiger partial charge in [-0.3, -0.25) is 38.4 Å². The van der Waals surface area contributed by atoms with Gasteiger partial charge in [0.15, 0.2) is 0 Å². The average Bonchev–Trinajstić information content (AvgIpc) is 1.59. The van der Waals surface area contributed by atoms with E-state index in [2.05, 4.69) is 0 Å². The quantitative estimate of drug-likeness (QED) is 0.0196. The van der Waals surface area contributed by atoms with E-state index in [-0.39, 0.29) is 170 Å². The van der Waals surface area contributed by atoms with Crippen molar-refractivity contribution in [2.45, 2.75) is 160 Å². The van der Waals surface area contributed by atoms with E-state index >= 15 is 0 Å². The topological polar surface area (TPSA) is 316 Å². The van der Waals surface area contributed by atoms with Gasteiger partial charge >= 0.3 is 67.2 Å². The summed E-state index contributed by atoms with van der Waals surface area (Å²) in [6.45, 7) is 14.5. The Morgan fingerprint density at radius 1 is 0.200 bits per heavy atom. The number of hydrogen-bond acceptors (Lipinski definition) is 22. The van der Waals surface area contributed by atoms with Crippen molar-refractivity contribution in [3.8, 4) is 45.6 Å². The molecule has 3 aromatic heterocycles. The summed E-state index contributed by atoms with van der Waals surface area (Å²) < 4.78 is 48.4. The average molecular weight is 1990 g/mol. The molecule has 15 aromatic rings. The Morgan fingerprint density at radius 3 is 0.469 bits per heavy atom. The fourth-order valence-electron chi connectivity index (χ4n) is 18.0. The van der Waals surface area contributed by atoms with Crippen molar-refractivity contribution in [3.63, 3.8) is 0 Å². The zero-order chi connectivity index (χ0) is 100. The van der Waals surface area contributed by atoms with Crippen LogP contribution >= 0.6 is 0 Å². The van der Waals surface area contributed by atoms with Gasteiger partial charge in [0.05, 0.1) is 70.6 Å². The van der Waals surface area contributed by atoms with Gasteiger partial charge in [0.25, 0.3) is 0 Å². The van der Waals surface area contributed by atoms with Crippen molar-refractivity contribution in [2.75, 3.05) is 0 Å². The van der Waals surface area contributed by atoms with Gasteiger partial charge in [-0.1, -0.05) is 298 Å². The number of carbonyl (C=O) groups excluding carboxylic acids is 8. The van der Waals surface area contributed by atoms with Crippen LogP contribution in [0.5, 0.6) is 0 Å². The Hall–Kier alpha value is -15.6. The van der Waals surface area contributed by atoms with Crippen LogP contribution in [0.25, 0.3) is 89.7 Å². The molecule has 0 spiro atoms. The number of esters is 8. The number of nitrogens with zero attached hydrogens (tertiary/aromatic N) is 8. The van der Waals surface area contributed by atoms with Crippen LogP contribution < -0.4 is 9.97 Å². The van der Waals surface area contributed by atoms with E-state index in [1.165, 1.54) is 0 Å². The summed E-state index contributed by atoms with van der Waals surface area (Å²) in [5.41, 5.74) is 13.8. The fraction of sp³-hybridized carbons (Fsp3) is 0.267. The number of aromatic nitrogens is 8. The predicted molar refractivity (Wildman–Crippen MR) is 547 cm³/mol. The van der Waals surface area contributed by atoms with Gasteiger partial charge in [0.2, 0.25) is 0 Å². The van der Waals surface area contributed by atoms with Crippen molar-refractivity contribution < 1.29 is 95.7 Å². The number of fused-ring (bicyclic) bond motifs is 20. The second-order valence-corrected chi connectivity index (χ2v) is 37.7. The molecule has 17 rings (SSSR count). The zero-order valence-corrected chi connectivity index (χ0v) is 85.4. The van der Waals surface area contributed by atoms with E-state index in [9.17, 15) is 38.4 Å². The van der Waals surface area contributed by atoms with Crippen molar-refractivity contribution in [1.82, 2.24) is 39.9 Å². The molecule has 8 atom stereocenters. The minimum atomic E-state index is -0.764. The second kappa shape index (κ2) is 48.0. The van der Waals surface area contributed by atoms with Gasteiger partial charge in [-0.25, -0.2) is 9.97 Å². The third kappa shape index (κ3) is 26.1. The van der Waals surface area contributed by atoms with Gasteiger partial charge < -0.3 is 67.8 Å². The normalized spacial score (nSPS) is 13.1. The van der Waals surface area contributed by atoms with Crippen LogP contribution in [0, 0.1) is 47.3 Å². The summed E-state index contributed by atoms with van der Waals surface area (Å²) >= 11 is 0. The Morgan fingerprint density at radius 2 is 0.331 bits per heavy atom. The summed E-state index contributed by atoms with van der Waals surface area (Å²) in [7, 11) is 0. The first-order valence-electron chi connectivity index (χ1n) is 48.9. The molecule has 8 bridgehead atoms. The number of benzene rings is 12. The van der Waals surface area contributed by atoms with Crippen molar-refractivity contribution in [1.29, 1.82) is 0 Å². The van der Waals surface area contributed by atoms with Crippen molar-refractivity contribution in [2.24, 2.45) is 47.3 Å². The molecule has 12 aromatic carbocycles. The smallest absolute Gasteiger partial charge is 0.461 e. The second-order valence-electron chi connectivity index (χ2n) is 37.7.